The average molecular weight is 271 g/mol. The molecule has 1 aromatic rings. The largest absolute Gasteiger partial charge is 0.384 e. The van der Waals surface area contributed by atoms with E-state index in [9.17, 15) is 0 Å². The van der Waals surface area contributed by atoms with E-state index in [1.807, 2.05) is 6.07 Å². The van der Waals surface area contributed by atoms with Crippen LogP contribution in [0.2, 0.25) is 0 Å². The maximum absolute atomic E-state index is 5.93. The van der Waals surface area contributed by atoms with Crippen LogP contribution in [0.15, 0.2) is 6.07 Å². The van der Waals surface area contributed by atoms with E-state index in [0.717, 1.165) is 53.9 Å². The first-order valence-electron chi connectivity index (χ1n) is 8.33. The molecule has 1 heterocycles. The molecule has 0 amide bonds. The molecule has 0 unspecified atom stereocenters. The molecule has 4 aliphatic rings. The fourth-order valence-corrected chi connectivity index (χ4v) is 5.43. The van der Waals surface area contributed by atoms with Crippen molar-refractivity contribution in [3.8, 4) is 0 Å². The Kier molecular flexibility index (Phi) is 2.97. The lowest BCUT2D eigenvalue weighted by molar-refractivity contribution is -0.0367. The summed E-state index contributed by atoms with van der Waals surface area (Å²) in [7, 11) is 0. The minimum absolute atomic E-state index is 0.649. The lowest BCUT2D eigenvalue weighted by atomic mass is 9.51. The fourth-order valence-electron chi connectivity index (χ4n) is 5.43. The van der Waals surface area contributed by atoms with E-state index in [-0.39, 0.29) is 0 Å². The number of nitrogen functional groups attached to an aromatic ring is 1. The number of hydrogen-bond acceptors (Lipinski definition) is 3. The van der Waals surface area contributed by atoms with Crippen LogP contribution in [0.1, 0.15) is 50.5 Å². The van der Waals surface area contributed by atoms with Crippen molar-refractivity contribution in [2.24, 2.45) is 29.6 Å². The van der Waals surface area contributed by atoms with Crippen molar-refractivity contribution in [1.29, 1.82) is 0 Å². The Labute approximate surface area is 121 Å². The standard InChI is InChI=1S/C17H25N3/c1-2-14-8-16(18)20-17(19-14)9-15-12-4-10-3-11(6-12)7-13(15)5-10/h8,10-13,15H,2-7,9H2,1H3,(H2,18,19,20). The van der Waals surface area contributed by atoms with Crippen LogP contribution < -0.4 is 5.73 Å². The van der Waals surface area contributed by atoms with E-state index in [1.54, 1.807) is 0 Å². The second-order valence-electron chi connectivity index (χ2n) is 7.35. The molecule has 4 fully saturated rings. The van der Waals surface area contributed by atoms with Gasteiger partial charge in [0, 0.05) is 18.2 Å². The topological polar surface area (TPSA) is 51.8 Å². The number of rotatable bonds is 3. The highest BCUT2D eigenvalue weighted by atomic mass is 14.9. The summed E-state index contributed by atoms with van der Waals surface area (Å²) in [5.74, 6) is 6.45. The van der Waals surface area contributed by atoms with Gasteiger partial charge >= 0.3 is 0 Å². The van der Waals surface area contributed by atoms with Crippen LogP contribution in [0, 0.1) is 29.6 Å². The van der Waals surface area contributed by atoms with E-state index < -0.39 is 0 Å². The molecule has 0 saturated heterocycles. The Bertz CT molecular complexity index is 483. The molecule has 0 aliphatic heterocycles. The van der Waals surface area contributed by atoms with E-state index in [1.165, 1.54) is 32.1 Å². The quantitative estimate of drug-likeness (QED) is 0.918. The lowest BCUT2D eigenvalue weighted by Crippen LogP contribution is -2.45. The maximum atomic E-state index is 5.93. The van der Waals surface area contributed by atoms with E-state index in [2.05, 4.69) is 11.9 Å². The molecule has 3 heteroatoms. The SMILES string of the molecule is CCc1cc(N)nc(CC2C3CC4CC(C3)CC2C4)n1. The summed E-state index contributed by atoms with van der Waals surface area (Å²) in [6.45, 7) is 2.13. The first-order chi connectivity index (χ1) is 9.71. The van der Waals surface area contributed by atoms with Crippen molar-refractivity contribution in [3.05, 3.63) is 17.6 Å². The van der Waals surface area contributed by atoms with Crippen molar-refractivity contribution in [2.75, 3.05) is 5.73 Å². The summed E-state index contributed by atoms with van der Waals surface area (Å²) in [4.78, 5) is 9.21. The molecule has 4 aliphatic carbocycles. The molecule has 1 aromatic heterocycles. The monoisotopic (exact) mass is 271 g/mol. The van der Waals surface area contributed by atoms with Crippen molar-refractivity contribution >= 4 is 5.82 Å². The first kappa shape index (κ1) is 12.6. The van der Waals surface area contributed by atoms with E-state index in [4.69, 9.17) is 10.7 Å². The van der Waals surface area contributed by atoms with Gasteiger partial charge in [0.2, 0.25) is 0 Å². The van der Waals surface area contributed by atoms with Crippen LogP contribution in [0.4, 0.5) is 5.82 Å². The maximum Gasteiger partial charge on any atom is 0.131 e. The Morgan fingerprint density at radius 3 is 2.30 bits per heavy atom. The second kappa shape index (κ2) is 4.71. The molecule has 2 N–H and O–H groups in total. The number of anilines is 1. The van der Waals surface area contributed by atoms with Gasteiger partial charge in [-0.25, -0.2) is 9.97 Å². The van der Waals surface area contributed by atoms with Crippen LogP contribution in [-0.4, -0.2) is 9.97 Å². The summed E-state index contributed by atoms with van der Waals surface area (Å²) in [5, 5.41) is 0. The van der Waals surface area contributed by atoms with Gasteiger partial charge in [-0.3, -0.25) is 0 Å². The summed E-state index contributed by atoms with van der Waals surface area (Å²) in [5.41, 5.74) is 7.03. The van der Waals surface area contributed by atoms with Crippen LogP contribution in [0.25, 0.3) is 0 Å². The van der Waals surface area contributed by atoms with E-state index in [0.29, 0.717) is 5.82 Å². The molecular weight excluding hydrogens is 246 g/mol. The van der Waals surface area contributed by atoms with E-state index >= 15 is 0 Å². The zero-order chi connectivity index (χ0) is 13.7. The molecule has 20 heavy (non-hydrogen) atoms. The van der Waals surface area contributed by atoms with Gasteiger partial charge in [-0.05, 0) is 68.1 Å². The Hall–Kier alpha value is -1.12. The third kappa shape index (κ3) is 2.11. The predicted octanol–water partition coefficient (Wildman–Crippen LogP) is 3.24. The van der Waals surface area contributed by atoms with Gasteiger partial charge in [0.25, 0.3) is 0 Å². The minimum Gasteiger partial charge on any atom is -0.384 e. The van der Waals surface area contributed by atoms with Crippen LogP contribution in [0.5, 0.6) is 0 Å². The Morgan fingerprint density at radius 2 is 1.70 bits per heavy atom. The zero-order valence-electron chi connectivity index (χ0n) is 12.4. The van der Waals surface area contributed by atoms with Gasteiger partial charge in [0.05, 0.1) is 0 Å². The van der Waals surface area contributed by atoms with Gasteiger partial charge in [-0.1, -0.05) is 6.92 Å². The molecule has 108 valence electrons. The third-order valence-electron chi connectivity index (χ3n) is 6.05. The molecular formula is C17H25N3. The molecule has 0 atom stereocenters. The predicted molar refractivity (Wildman–Crippen MR) is 80.1 cm³/mol. The van der Waals surface area contributed by atoms with Gasteiger partial charge in [0.1, 0.15) is 11.6 Å². The summed E-state index contributed by atoms with van der Waals surface area (Å²) < 4.78 is 0. The molecule has 0 radical (unpaired) electrons. The molecule has 4 saturated carbocycles. The van der Waals surface area contributed by atoms with Crippen LogP contribution >= 0.6 is 0 Å². The average Bonchev–Trinajstić information content (AvgIpc) is 2.41. The summed E-state index contributed by atoms with van der Waals surface area (Å²) >= 11 is 0. The number of nitrogens with zero attached hydrogens (tertiary/aromatic N) is 2. The van der Waals surface area contributed by atoms with Crippen LogP contribution in [-0.2, 0) is 12.8 Å². The first-order valence-corrected chi connectivity index (χ1v) is 8.33. The lowest BCUT2D eigenvalue weighted by Gasteiger charge is -2.54. The van der Waals surface area contributed by atoms with Crippen LogP contribution in [0.3, 0.4) is 0 Å². The minimum atomic E-state index is 0.649. The third-order valence-corrected chi connectivity index (χ3v) is 6.05. The van der Waals surface area contributed by atoms with Gasteiger partial charge in [-0.2, -0.15) is 0 Å². The molecule has 4 bridgehead atoms. The fraction of sp³-hybridized carbons (Fsp3) is 0.765. The highest BCUT2D eigenvalue weighted by Crippen LogP contribution is 2.57. The van der Waals surface area contributed by atoms with Crippen molar-refractivity contribution < 1.29 is 0 Å². The van der Waals surface area contributed by atoms with Gasteiger partial charge in [-0.15, -0.1) is 0 Å². The number of aromatic nitrogens is 2. The van der Waals surface area contributed by atoms with Crippen molar-refractivity contribution in [2.45, 2.75) is 51.9 Å². The Balaban J connectivity index is 1.55. The Morgan fingerprint density at radius 1 is 1.05 bits per heavy atom. The number of aryl methyl sites for hydroxylation is 1. The smallest absolute Gasteiger partial charge is 0.131 e. The second-order valence-corrected chi connectivity index (χ2v) is 7.35. The summed E-state index contributed by atoms with van der Waals surface area (Å²) in [6, 6.07) is 1.92. The van der Waals surface area contributed by atoms with Crippen molar-refractivity contribution in [1.82, 2.24) is 9.97 Å². The normalized spacial score (nSPS) is 38.4. The highest BCUT2D eigenvalue weighted by molar-refractivity contribution is 5.30. The molecule has 3 nitrogen and oxygen atoms in total. The number of nitrogens with two attached hydrogens (primary N) is 1. The molecule has 0 spiro atoms. The molecule has 0 aromatic carbocycles. The molecule has 5 rings (SSSR count). The highest BCUT2D eigenvalue weighted by Gasteiger charge is 2.48. The summed E-state index contributed by atoms with van der Waals surface area (Å²) in [6.07, 6.45) is 9.42. The van der Waals surface area contributed by atoms with Gasteiger partial charge in [0.15, 0.2) is 0 Å². The van der Waals surface area contributed by atoms with Gasteiger partial charge < -0.3 is 5.73 Å². The zero-order valence-corrected chi connectivity index (χ0v) is 12.4. The number of hydrogen-bond donors (Lipinski definition) is 1. The van der Waals surface area contributed by atoms with Crippen molar-refractivity contribution in [3.63, 3.8) is 0 Å².